The molecule has 8 nitrogen and oxygen atoms in total. The van der Waals surface area contributed by atoms with Crippen LogP contribution in [0.1, 0.15) is 30.5 Å². The summed E-state index contributed by atoms with van der Waals surface area (Å²) >= 11 is 0. The second-order valence-corrected chi connectivity index (χ2v) is 6.86. The lowest BCUT2D eigenvalue weighted by atomic mass is 10.2. The van der Waals surface area contributed by atoms with Crippen molar-refractivity contribution in [3.63, 3.8) is 0 Å². The zero-order valence-corrected chi connectivity index (χ0v) is 13.9. The molecule has 130 valence electrons. The third-order valence-corrected chi connectivity index (χ3v) is 5.03. The maximum Gasteiger partial charge on any atom is 0.323 e. The van der Waals surface area contributed by atoms with Gasteiger partial charge in [0.15, 0.2) is 5.82 Å². The minimum Gasteiger partial charge on any atom is -0.367 e. The first-order chi connectivity index (χ1) is 12.3. The van der Waals surface area contributed by atoms with E-state index in [-0.39, 0.29) is 5.69 Å². The molecule has 0 atom stereocenters. The Morgan fingerprint density at radius 3 is 2.80 bits per heavy atom. The van der Waals surface area contributed by atoms with Crippen molar-refractivity contribution in [3.05, 3.63) is 40.4 Å². The van der Waals surface area contributed by atoms with Gasteiger partial charge in [0.1, 0.15) is 0 Å². The molecule has 2 N–H and O–H groups in total. The Labute approximate surface area is 143 Å². The molecular weight excluding hydrogens is 320 g/mol. The van der Waals surface area contributed by atoms with Crippen molar-refractivity contribution in [1.29, 1.82) is 0 Å². The van der Waals surface area contributed by atoms with E-state index in [9.17, 15) is 4.79 Å². The molecule has 0 radical (unpaired) electrons. The second-order valence-electron chi connectivity index (χ2n) is 6.86. The minimum atomic E-state index is -0.163. The molecule has 3 heterocycles. The zero-order chi connectivity index (χ0) is 16.8. The summed E-state index contributed by atoms with van der Waals surface area (Å²) < 4.78 is 5.38. The third-order valence-electron chi connectivity index (χ3n) is 5.03. The summed E-state index contributed by atoms with van der Waals surface area (Å²) in [6.07, 6.45) is 2.37. The van der Waals surface area contributed by atoms with Crippen molar-refractivity contribution < 1.29 is 4.52 Å². The van der Waals surface area contributed by atoms with Gasteiger partial charge in [0.2, 0.25) is 5.89 Å². The lowest BCUT2D eigenvalue weighted by molar-refractivity contribution is 0.215. The Hall–Kier alpha value is -2.61. The van der Waals surface area contributed by atoms with Gasteiger partial charge in [-0.1, -0.05) is 11.2 Å². The van der Waals surface area contributed by atoms with Crippen LogP contribution in [0.15, 0.2) is 27.5 Å². The molecule has 0 bridgehead atoms. The lowest BCUT2D eigenvalue weighted by Gasteiger charge is -2.35. The fraction of sp³-hybridized carbons (Fsp3) is 0.471. The number of fused-ring (bicyclic) bond motifs is 1. The highest BCUT2D eigenvalue weighted by molar-refractivity contribution is 5.88. The summed E-state index contributed by atoms with van der Waals surface area (Å²) in [7, 11) is 0. The number of anilines is 1. The molecule has 1 aliphatic carbocycles. The standard InChI is InChI=1S/C17H20N6O2/c24-17-18-12-2-1-3-13(15(12)20-17)23-8-6-22(7-9-23)10-14-19-16(21-25-14)11-4-5-11/h1-3,11H,4-10H2,(H2,18,20,24). The number of piperazine rings is 1. The lowest BCUT2D eigenvalue weighted by Crippen LogP contribution is -2.46. The van der Waals surface area contributed by atoms with Crippen molar-refractivity contribution in [2.24, 2.45) is 0 Å². The Bertz CT molecular complexity index is 945. The van der Waals surface area contributed by atoms with E-state index in [2.05, 4.69) is 36.0 Å². The summed E-state index contributed by atoms with van der Waals surface area (Å²) in [6, 6.07) is 5.95. The zero-order valence-electron chi connectivity index (χ0n) is 13.9. The van der Waals surface area contributed by atoms with Gasteiger partial charge in [-0.25, -0.2) is 4.79 Å². The maximum atomic E-state index is 11.6. The van der Waals surface area contributed by atoms with Crippen LogP contribution in [0.4, 0.5) is 5.69 Å². The van der Waals surface area contributed by atoms with Gasteiger partial charge in [0.25, 0.3) is 0 Å². The summed E-state index contributed by atoms with van der Waals surface area (Å²) in [6.45, 7) is 4.35. The Kier molecular flexibility index (Phi) is 3.37. The van der Waals surface area contributed by atoms with E-state index >= 15 is 0 Å². The molecule has 2 aromatic heterocycles. The molecule has 2 fully saturated rings. The highest BCUT2D eigenvalue weighted by atomic mass is 16.5. The monoisotopic (exact) mass is 340 g/mol. The number of benzene rings is 1. The molecule has 3 aromatic rings. The Morgan fingerprint density at radius 2 is 2.00 bits per heavy atom. The maximum absolute atomic E-state index is 11.6. The van der Waals surface area contributed by atoms with Crippen LogP contribution in [-0.2, 0) is 6.54 Å². The Balaban J connectivity index is 1.26. The molecule has 0 unspecified atom stereocenters. The number of nitrogens with zero attached hydrogens (tertiary/aromatic N) is 4. The second kappa shape index (κ2) is 5.73. The van der Waals surface area contributed by atoms with Crippen LogP contribution in [0, 0.1) is 0 Å². The summed E-state index contributed by atoms with van der Waals surface area (Å²) in [5, 5.41) is 4.08. The molecule has 0 amide bonds. The number of imidazole rings is 1. The molecule has 1 saturated heterocycles. The van der Waals surface area contributed by atoms with Crippen molar-refractivity contribution in [2.75, 3.05) is 31.1 Å². The number of aromatic amines is 2. The summed E-state index contributed by atoms with van der Waals surface area (Å²) in [4.78, 5) is 26.4. The number of nitrogens with one attached hydrogen (secondary N) is 2. The molecule has 1 saturated carbocycles. The van der Waals surface area contributed by atoms with Crippen molar-refractivity contribution >= 4 is 16.7 Å². The van der Waals surface area contributed by atoms with E-state index in [4.69, 9.17) is 4.52 Å². The molecular formula is C17H20N6O2. The normalized spacial score (nSPS) is 19.0. The number of rotatable bonds is 4. The highest BCUT2D eigenvalue weighted by Gasteiger charge is 2.29. The SMILES string of the molecule is O=c1[nH]c2cccc(N3CCN(Cc4nc(C5CC5)no4)CC3)c2[nH]1. The Morgan fingerprint density at radius 1 is 1.16 bits per heavy atom. The van der Waals surface area contributed by atoms with Crippen molar-refractivity contribution in [2.45, 2.75) is 25.3 Å². The van der Waals surface area contributed by atoms with Gasteiger partial charge in [-0.05, 0) is 25.0 Å². The van der Waals surface area contributed by atoms with E-state index in [1.165, 1.54) is 12.8 Å². The van der Waals surface area contributed by atoms with E-state index in [0.29, 0.717) is 18.4 Å². The third kappa shape index (κ3) is 2.82. The van der Waals surface area contributed by atoms with E-state index in [0.717, 1.165) is 48.7 Å². The van der Waals surface area contributed by atoms with E-state index in [1.54, 1.807) is 0 Å². The molecule has 1 aliphatic heterocycles. The summed E-state index contributed by atoms with van der Waals surface area (Å²) in [5.41, 5.74) is 2.64. The largest absolute Gasteiger partial charge is 0.367 e. The van der Waals surface area contributed by atoms with E-state index in [1.807, 2.05) is 12.1 Å². The highest BCUT2D eigenvalue weighted by Crippen LogP contribution is 2.38. The average Bonchev–Trinajstić information content (AvgIpc) is 3.24. The topological polar surface area (TPSA) is 94.1 Å². The van der Waals surface area contributed by atoms with Gasteiger partial charge in [-0.3, -0.25) is 4.90 Å². The average molecular weight is 340 g/mol. The predicted octanol–water partition coefficient (Wildman–Crippen LogP) is 1.44. The van der Waals surface area contributed by atoms with Crippen LogP contribution in [0.3, 0.4) is 0 Å². The van der Waals surface area contributed by atoms with Crippen LogP contribution in [0.5, 0.6) is 0 Å². The molecule has 5 rings (SSSR count). The van der Waals surface area contributed by atoms with Gasteiger partial charge >= 0.3 is 5.69 Å². The number of H-pyrrole nitrogens is 2. The quantitative estimate of drug-likeness (QED) is 0.746. The van der Waals surface area contributed by atoms with Gasteiger partial charge < -0.3 is 19.4 Å². The van der Waals surface area contributed by atoms with Crippen LogP contribution < -0.4 is 10.6 Å². The van der Waals surface area contributed by atoms with Gasteiger partial charge in [0, 0.05) is 32.1 Å². The smallest absolute Gasteiger partial charge is 0.323 e. The molecule has 25 heavy (non-hydrogen) atoms. The number of hydrogen-bond acceptors (Lipinski definition) is 6. The molecule has 2 aliphatic rings. The molecule has 8 heteroatoms. The van der Waals surface area contributed by atoms with Crippen LogP contribution in [0.2, 0.25) is 0 Å². The van der Waals surface area contributed by atoms with Crippen molar-refractivity contribution in [3.8, 4) is 0 Å². The first-order valence-corrected chi connectivity index (χ1v) is 8.77. The first-order valence-electron chi connectivity index (χ1n) is 8.77. The molecule has 0 spiro atoms. The van der Waals surface area contributed by atoms with Gasteiger partial charge in [-0.2, -0.15) is 4.98 Å². The predicted molar refractivity (Wildman–Crippen MR) is 92.7 cm³/mol. The fourth-order valence-electron chi connectivity index (χ4n) is 3.48. The van der Waals surface area contributed by atoms with Gasteiger partial charge in [0.05, 0.1) is 23.3 Å². The fourth-order valence-corrected chi connectivity index (χ4v) is 3.48. The van der Waals surface area contributed by atoms with Gasteiger partial charge in [-0.15, -0.1) is 0 Å². The van der Waals surface area contributed by atoms with Crippen LogP contribution >= 0.6 is 0 Å². The van der Waals surface area contributed by atoms with Crippen LogP contribution in [0.25, 0.3) is 11.0 Å². The van der Waals surface area contributed by atoms with Crippen molar-refractivity contribution in [1.82, 2.24) is 25.0 Å². The number of hydrogen-bond donors (Lipinski definition) is 2. The van der Waals surface area contributed by atoms with Crippen LogP contribution in [-0.4, -0.2) is 51.2 Å². The number of aromatic nitrogens is 4. The van der Waals surface area contributed by atoms with E-state index < -0.39 is 0 Å². The number of para-hydroxylation sites is 1. The first kappa shape index (κ1) is 14.7. The summed E-state index contributed by atoms with van der Waals surface area (Å²) in [5.74, 6) is 2.11. The molecule has 1 aromatic carbocycles. The minimum absolute atomic E-state index is 0.163.